The van der Waals surface area contributed by atoms with E-state index in [0.717, 1.165) is 11.3 Å². The van der Waals surface area contributed by atoms with Crippen LogP contribution in [-0.4, -0.2) is 15.0 Å². The number of rotatable bonds is 2. The van der Waals surface area contributed by atoms with E-state index in [9.17, 15) is 0 Å². The van der Waals surface area contributed by atoms with Gasteiger partial charge in [-0.1, -0.05) is 39.0 Å². The SMILES string of the molecule is CC(C)(C)c1ccccc1Nc1nc(N)nc(Cl)n1. The lowest BCUT2D eigenvalue weighted by Gasteiger charge is -2.22. The Morgan fingerprint density at radius 2 is 1.79 bits per heavy atom. The number of nitrogens with zero attached hydrogens (tertiary/aromatic N) is 3. The number of anilines is 3. The Kier molecular flexibility index (Phi) is 3.57. The van der Waals surface area contributed by atoms with Crippen LogP contribution in [-0.2, 0) is 5.41 Å². The summed E-state index contributed by atoms with van der Waals surface area (Å²) in [5.41, 5.74) is 7.64. The number of benzene rings is 1. The number of halogens is 1. The Morgan fingerprint density at radius 1 is 1.11 bits per heavy atom. The maximum Gasteiger partial charge on any atom is 0.233 e. The minimum Gasteiger partial charge on any atom is -0.368 e. The third kappa shape index (κ3) is 3.32. The second kappa shape index (κ2) is 5.01. The topological polar surface area (TPSA) is 76.7 Å². The van der Waals surface area contributed by atoms with E-state index < -0.39 is 0 Å². The highest BCUT2D eigenvalue weighted by atomic mass is 35.5. The zero-order chi connectivity index (χ0) is 14.0. The average Bonchev–Trinajstić information content (AvgIpc) is 2.26. The van der Waals surface area contributed by atoms with E-state index >= 15 is 0 Å². The molecule has 0 unspecified atom stereocenters. The van der Waals surface area contributed by atoms with Gasteiger partial charge in [-0.2, -0.15) is 15.0 Å². The predicted molar refractivity (Wildman–Crippen MR) is 77.7 cm³/mol. The fourth-order valence-electron chi connectivity index (χ4n) is 1.79. The maximum atomic E-state index is 5.76. The highest BCUT2D eigenvalue weighted by Crippen LogP contribution is 2.30. The molecule has 0 bridgehead atoms. The molecule has 0 spiro atoms. The average molecular weight is 278 g/mol. The largest absolute Gasteiger partial charge is 0.368 e. The van der Waals surface area contributed by atoms with Crippen molar-refractivity contribution < 1.29 is 0 Å². The molecule has 5 nitrogen and oxygen atoms in total. The van der Waals surface area contributed by atoms with E-state index in [0.29, 0.717) is 5.95 Å². The number of para-hydroxylation sites is 1. The Hall–Kier alpha value is -1.88. The molecule has 3 N–H and O–H groups in total. The fraction of sp³-hybridized carbons (Fsp3) is 0.308. The van der Waals surface area contributed by atoms with E-state index in [1.54, 1.807) is 0 Å². The molecule has 2 rings (SSSR count). The third-order valence-electron chi connectivity index (χ3n) is 2.61. The van der Waals surface area contributed by atoms with Gasteiger partial charge in [0.2, 0.25) is 17.2 Å². The number of hydrogen-bond acceptors (Lipinski definition) is 5. The molecule has 0 saturated heterocycles. The van der Waals surface area contributed by atoms with Crippen LogP contribution in [0.4, 0.5) is 17.6 Å². The van der Waals surface area contributed by atoms with Crippen molar-refractivity contribution in [1.29, 1.82) is 0 Å². The van der Waals surface area contributed by atoms with Gasteiger partial charge in [0.1, 0.15) is 0 Å². The quantitative estimate of drug-likeness (QED) is 0.882. The Morgan fingerprint density at radius 3 is 2.42 bits per heavy atom. The standard InChI is InChI=1S/C13H16ClN5/c1-13(2,3)8-6-4-5-7-9(8)16-12-18-10(14)17-11(15)19-12/h4-7H,1-3H3,(H3,15,16,17,18,19). The van der Waals surface area contributed by atoms with Gasteiger partial charge in [0.25, 0.3) is 0 Å². The van der Waals surface area contributed by atoms with Crippen LogP contribution in [0.2, 0.25) is 5.28 Å². The van der Waals surface area contributed by atoms with Crippen LogP contribution in [0.3, 0.4) is 0 Å². The van der Waals surface area contributed by atoms with E-state index in [1.165, 1.54) is 0 Å². The first-order valence-electron chi connectivity index (χ1n) is 5.90. The van der Waals surface area contributed by atoms with Gasteiger partial charge in [0.15, 0.2) is 0 Å². The second-order valence-corrected chi connectivity index (χ2v) is 5.54. The number of nitrogen functional groups attached to an aromatic ring is 1. The predicted octanol–water partition coefficient (Wildman–Crippen LogP) is 3.15. The molecule has 0 aliphatic rings. The van der Waals surface area contributed by atoms with Gasteiger partial charge in [0.05, 0.1) is 0 Å². The van der Waals surface area contributed by atoms with Crippen LogP contribution in [0.25, 0.3) is 0 Å². The molecule has 0 aliphatic carbocycles. The molecule has 0 radical (unpaired) electrons. The fourth-order valence-corrected chi connectivity index (χ4v) is 1.95. The van der Waals surface area contributed by atoms with Gasteiger partial charge >= 0.3 is 0 Å². The molecule has 2 aromatic rings. The molecule has 0 atom stereocenters. The zero-order valence-corrected chi connectivity index (χ0v) is 11.9. The molecule has 0 fully saturated rings. The van der Waals surface area contributed by atoms with E-state index in [1.807, 2.05) is 18.2 Å². The molecule has 1 aromatic heterocycles. The first-order valence-corrected chi connectivity index (χ1v) is 6.27. The van der Waals surface area contributed by atoms with Gasteiger partial charge in [0, 0.05) is 5.69 Å². The molecule has 100 valence electrons. The summed E-state index contributed by atoms with van der Waals surface area (Å²) in [5, 5.41) is 3.21. The number of aromatic nitrogens is 3. The lowest BCUT2D eigenvalue weighted by Crippen LogP contribution is -2.14. The van der Waals surface area contributed by atoms with Gasteiger partial charge in [-0.3, -0.25) is 0 Å². The molecular weight excluding hydrogens is 262 g/mol. The van der Waals surface area contributed by atoms with E-state index in [4.69, 9.17) is 17.3 Å². The Balaban J connectivity index is 2.38. The molecule has 1 heterocycles. The molecule has 19 heavy (non-hydrogen) atoms. The number of nitrogens with two attached hydrogens (primary N) is 1. The first-order chi connectivity index (χ1) is 8.86. The maximum absolute atomic E-state index is 5.76. The summed E-state index contributed by atoms with van der Waals surface area (Å²) >= 11 is 5.76. The minimum absolute atomic E-state index is 0.00592. The van der Waals surface area contributed by atoms with Crippen LogP contribution in [0.5, 0.6) is 0 Å². The summed E-state index contributed by atoms with van der Waals surface area (Å²) in [6.45, 7) is 6.42. The molecule has 6 heteroatoms. The smallest absolute Gasteiger partial charge is 0.233 e. The Labute approximate surface area is 117 Å². The normalized spacial score (nSPS) is 11.4. The summed E-state index contributed by atoms with van der Waals surface area (Å²) in [7, 11) is 0. The van der Waals surface area contributed by atoms with Crippen molar-refractivity contribution >= 4 is 29.2 Å². The highest BCUT2D eigenvalue weighted by molar-refractivity contribution is 6.28. The van der Waals surface area contributed by atoms with Gasteiger partial charge < -0.3 is 11.1 Å². The molecule has 0 aliphatic heterocycles. The summed E-state index contributed by atoms with van der Waals surface area (Å²) in [4.78, 5) is 11.7. The van der Waals surface area contributed by atoms with Crippen molar-refractivity contribution in [3.8, 4) is 0 Å². The monoisotopic (exact) mass is 277 g/mol. The minimum atomic E-state index is 0.00592. The summed E-state index contributed by atoms with van der Waals surface area (Å²) in [5.74, 6) is 0.435. The lowest BCUT2D eigenvalue weighted by atomic mass is 9.86. The number of nitrogens with one attached hydrogen (secondary N) is 1. The molecule has 0 amide bonds. The van der Waals surface area contributed by atoms with Crippen molar-refractivity contribution in [3.05, 3.63) is 35.1 Å². The van der Waals surface area contributed by atoms with Crippen molar-refractivity contribution in [2.45, 2.75) is 26.2 Å². The van der Waals surface area contributed by atoms with Crippen LogP contribution >= 0.6 is 11.6 Å². The summed E-state index contributed by atoms with van der Waals surface area (Å²) in [6.07, 6.45) is 0. The number of hydrogen-bond donors (Lipinski definition) is 2. The second-order valence-electron chi connectivity index (χ2n) is 5.21. The first kappa shape index (κ1) is 13.5. The van der Waals surface area contributed by atoms with Crippen LogP contribution in [0.1, 0.15) is 26.3 Å². The van der Waals surface area contributed by atoms with Crippen molar-refractivity contribution in [2.75, 3.05) is 11.1 Å². The van der Waals surface area contributed by atoms with Crippen molar-refractivity contribution in [2.24, 2.45) is 0 Å². The summed E-state index contributed by atoms with van der Waals surface area (Å²) < 4.78 is 0. The molecule has 1 aromatic carbocycles. The van der Waals surface area contributed by atoms with E-state index in [-0.39, 0.29) is 16.6 Å². The van der Waals surface area contributed by atoms with Crippen LogP contribution in [0, 0.1) is 0 Å². The van der Waals surface area contributed by atoms with Crippen LogP contribution in [0.15, 0.2) is 24.3 Å². The summed E-state index contributed by atoms with van der Waals surface area (Å²) in [6, 6.07) is 7.98. The Bertz CT molecular complexity index is 572. The van der Waals surface area contributed by atoms with Crippen LogP contribution < -0.4 is 11.1 Å². The molecule has 0 saturated carbocycles. The lowest BCUT2D eigenvalue weighted by molar-refractivity contribution is 0.592. The zero-order valence-electron chi connectivity index (χ0n) is 11.1. The third-order valence-corrected chi connectivity index (χ3v) is 2.78. The van der Waals surface area contributed by atoms with Gasteiger partial charge in [-0.25, -0.2) is 0 Å². The molecular formula is C13H16ClN5. The van der Waals surface area contributed by atoms with Crippen molar-refractivity contribution in [3.63, 3.8) is 0 Å². The van der Waals surface area contributed by atoms with Crippen molar-refractivity contribution in [1.82, 2.24) is 15.0 Å². The van der Waals surface area contributed by atoms with Gasteiger partial charge in [-0.15, -0.1) is 0 Å². The highest BCUT2D eigenvalue weighted by Gasteiger charge is 2.18. The van der Waals surface area contributed by atoms with Gasteiger partial charge in [-0.05, 0) is 28.6 Å². The van der Waals surface area contributed by atoms with E-state index in [2.05, 4.69) is 47.1 Å².